The van der Waals surface area contributed by atoms with E-state index in [1.54, 1.807) is 12.1 Å². The topological polar surface area (TPSA) is 67.5 Å². The van der Waals surface area contributed by atoms with Crippen LogP contribution in [0.5, 0.6) is 5.75 Å². The first kappa shape index (κ1) is 9.30. The van der Waals surface area contributed by atoms with Crippen LogP contribution in [0.1, 0.15) is 11.7 Å². The predicted octanol–water partition coefficient (Wildman–Crippen LogP) is 0.635. The monoisotopic (exact) mass is 194 g/mol. The molecule has 0 radical (unpaired) electrons. The second-order valence-corrected chi connectivity index (χ2v) is 3.38. The Morgan fingerprint density at radius 2 is 2.36 bits per heavy atom. The van der Waals surface area contributed by atoms with E-state index in [4.69, 9.17) is 10.5 Å². The van der Waals surface area contributed by atoms with E-state index in [-0.39, 0.29) is 11.9 Å². The number of anilines is 1. The molecule has 4 N–H and O–H groups in total. The standard InChI is InChI=1S/C10H14N2O2/c11-8-5-7(1-2-9(8)13)10-6-12-3-4-14-10/h1-2,5,10,12-13H,3-4,6,11H2. The number of aromatic hydroxyl groups is 1. The Hall–Kier alpha value is -1.26. The smallest absolute Gasteiger partial charge is 0.138 e. The van der Waals surface area contributed by atoms with Crippen molar-refractivity contribution in [2.75, 3.05) is 25.4 Å². The van der Waals surface area contributed by atoms with Gasteiger partial charge in [0.2, 0.25) is 0 Å². The molecule has 76 valence electrons. The van der Waals surface area contributed by atoms with Crippen LogP contribution in [0.4, 0.5) is 5.69 Å². The molecule has 4 heteroatoms. The van der Waals surface area contributed by atoms with Gasteiger partial charge in [-0.05, 0) is 17.7 Å². The number of rotatable bonds is 1. The molecule has 2 rings (SSSR count). The van der Waals surface area contributed by atoms with Crippen molar-refractivity contribution in [1.29, 1.82) is 0 Å². The number of hydrogen-bond acceptors (Lipinski definition) is 4. The van der Waals surface area contributed by atoms with Crippen molar-refractivity contribution >= 4 is 5.69 Å². The third-order valence-electron chi connectivity index (χ3n) is 2.35. The summed E-state index contributed by atoms with van der Waals surface area (Å²) in [4.78, 5) is 0. The van der Waals surface area contributed by atoms with Crippen LogP contribution in [0.2, 0.25) is 0 Å². The number of phenolic OH excluding ortho intramolecular Hbond substituents is 1. The van der Waals surface area contributed by atoms with E-state index in [1.165, 1.54) is 0 Å². The van der Waals surface area contributed by atoms with Gasteiger partial charge in [-0.2, -0.15) is 0 Å². The molecule has 1 unspecified atom stereocenters. The first-order valence-corrected chi connectivity index (χ1v) is 4.68. The zero-order chi connectivity index (χ0) is 9.97. The van der Waals surface area contributed by atoms with Crippen LogP contribution in [0.15, 0.2) is 18.2 Å². The number of nitrogens with two attached hydrogens (primary N) is 1. The number of hydrogen-bond donors (Lipinski definition) is 3. The van der Waals surface area contributed by atoms with Crippen LogP contribution in [0, 0.1) is 0 Å². The van der Waals surface area contributed by atoms with Crippen LogP contribution in [0.25, 0.3) is 0 Å². The van der Waals surface area contributed by atoms with Gasteiger partial charge in [-0.15, -0.1) is 0 Å². The predicted molar refractivity (Wildman–Crippen MR) is 54.1 cm³/mol. The van der Waals surface area contributed by atoms with Gasteiger partial charge >= 0.3 is 0 Å². The molecular weight excluding hydrogens is 180 g/mol. The summed E-state index contributed by atoms with van der Waals surface area (Å²) in [6, 6.07) is 5.19. The Morgan fingerprint density at radius 3 is 3.00 bits per heavy atom. The average Bonchev–Trinajstić information content (AvgIpc) is 2.23. The van der Waals surface area contributed by atoms with E-state index in [1.807, 2.05) is 6.07 Å². The van der Waals surface area contributed by atoms with Crippen molar-refractivity contribution in [2.24, 2.45) is 0 Å². The molecule has 0 amide bonds. The highest BCUT2D eigenvalue weighted by molar-refractivity contribution is 5.53. The van der Waals surface area contributed by atoms with Gasteiger partial charge in [0, 0.05) is 13.1 Å². The SMILES string of the molecule is Nc1cc(C2CNCCO2)ccc1O. The molecule has 1 aliphatic heterocycles. The number of benzene rings is 1. The highest BCUT2D eigenvalue weighted by Gasteiger charge is 2.16. The number of ether oxygens (including phenoxy) is 1. The molecule has 0 aliphatic carbocycles. The highest BCUT2D eigenvalue weighted by Crippen LogP contribution is 2.26. The molecule has 0 bridgehead atoms. The third kappa shape index (κ3) is 1.81. The summed E-state index contributed by atoms with van der Waals surface area (Å²) >= 11 is 0. The molecule has 1 heterocycles. The number of morpholine rings is 1. The highest BCUT2D eigenvalue weighted by atomic mass is 16.5. The fraction of sp³-hybridized carbons (Fsp3) is 0.400. The number of phenols is 1. The molecular formula is C10H14N2O2. The van der Waals surface area contributed by atoms with Gasteiger partial charge in [0.15, 0.2) is 0 Å². The van der Waals surface area contributed by atoms with Crippen molar-refractivity contribution < 1.29 is 9.84 Å². The minimum absolute atomic E-state index is 0.0478. The maximum Gasteiger partial charge on any atom is 0.138 e. The maximum atomic E-state index is 9.26. The molecule has 0 spiro atoms. The van der Waals surface area contributed by atoms with Gasteiger partial charge < -0.3 is 20.9 Å². The first-order valence-electron chi connectivity index (χ1n) is 4.68. The molecule has 1 aromatic carbocycles. The third-order valence-corrected chi connectivity index (χ3v) is 2.35. The lowest BCUT2D eigenvalue weighted by atomic mass is 10.1. The van der Waals surface area contributed by atoms with Gasteiger partial charge in [0.1, 0.15) is 5.75 Å². The van der Waals surface area contributed by atoms with Crippen LogP contribution < -0.4 is 11.1 Å². The minimum Gasteiger partial charge on any atom is -0.506 e. The lowest BCUT2D eigenvalue weighted by molar-refractivity contribution is 0.0277. The van der Waals surface area contributed by atoms with Gasteiger partial charge in [-0.3, -0.25) is 0 Å². The molecule has 1 saturated heterocycles. The molecule has 1 aliphatic rings. The Labute approximate surface area is 82.7 Å². The quantitative estimate of drug-likeness (QED) is 0.453. The summed E-state index contributed by atoms with van der Waals surface area (Å²) in [5, 5.41) is 12.5. The van der Waals surface area contributed by atoms with E-state index >= 15 is 0 Å². The van der Waals surface area contributed by atoms with Gasteiger partial charge in [-0.1, -0.05) is 6.07 Å². The fourth-order valence-corrected chi connectivity index (χ4v) is 1.55. The summed E-state index contributed by atoms with van der Waals surface area (Å²) in [5.41, 5.74) is 7.01. The van der Waals surface area contributed by atoms with E-state index in [9.17, 15) is 5.11 Å². The molecule has 4 nitrogen and oxygen atoms in total. The molecule has 14 heavy (non-hydrogen) atoms. The summed E-state index contributed by atoms with van der Waals surface area (Å²) in [6.07, 6.45) is 0.0478. The Kier molecular flexibility index (Phi) is 2.56. The zero-order valence-corrected chi connectivity index (χ0v) is 7.86. The van der Waals surface area contributed by atoms with E-state index in [0.717, 1.165) is 18.7 Å². The maximum absolute atomic E-state index is 9.26. The first-order chi connectivity index (χ1) is 6.77. The van der Waals surface area contributed by atoms with Crippen LogP contribution in [-0.2, 0) is 4.74 Å². The van der Waals surface area contributed by atoms with E-state index in [0.29, 0.717) is 12.3 Å². The van der Waals surface area contributed by atoms with Gasteiger partial charge in [0.25, 0.3) is 0 Å². The van der Waals surface area contributed by atoms with Gasteiger partial charge in [0.05, 0.1) is 18.4 Å². The average molecular weight is 194 g/mol. The second kappa shape index (κ2) is 3.86. The summed E-state index contributed by atoms with van der Waals surface area (Å²) in [7, 11) is 0. The molecule has 0 aromatic heterocycles. The molecule has 0 saturated carbocycles. The summed E-state index contributed by atoms with van der Waals surface area (Å²) in [5.74, 6) is 0.123. The van der Waals surface area contributed by atoms with Crippen molar-refractivity contribution in [3.8, 4) is 5.75 Å². The van der Waals surface area contributed by atoms with E-state index in [2.05, 4.69) is 5.32 Å². The summed E-state index contributed by atoms with van der Waals surface area (Å²) < 4.78 is 5.56. The lowest BCUT2D eigenvalue weighted by Crippen LogP contribution is -2.33. The molecule has 1 aromatic rings. The molecule has 1 atom stereocenters. The second-order valence-electron chi connectivity index (χ2n) is 3.38. The minimum atomic E-state index is 0.0478. The van der Waals surface area contributed by atoms with Crippen molar-refractivity contribution in [3.05, 3.63) is 23.8 Å². The van der Waals surface area contributed by atoms with Crippen molar-refractivity contribution in [3.63, 3.8) is 0 Å². The number of nitrogen functional groups attached to an aromatic ring is 1. The Morgan fingerprint density at radius 1 is 1.50 bits per heavy atom. The largest absolute Gasteiger partial charge is 0.506 e. The molecule has 1 fully saturated rings. The number of nitrogens with one attached hydrogen (secondary N) is 1. The Balaban J connectivity index is 2.18. The van der Waals surface area contributed by atoms with E-state index < -0.39 is 0 Å². The van der Waals surface area contributed by atoms with Crippen molar-refractivity contribution in [1.82, 2.24) is 5.32 Å². The van der Waals surface area contributed by atoms with Crippen molar-refractivity contribution in [2.45, 2.75) is 6.10 Å². The summed E-state index contributed by atoms with van der Waals surface area (Å²) in [6.45, 7) is 2.40. The normalized spacial score (nSPS) is 22.1. The lowest BCUT2D eigenvalue weighted by Gasteiger charge is -2.24. The Bertz CT molecular complexity index is 322. The van der Waals surface area contributed by atoms with Crippen LogP contribution in [0.3, 0.4) is 0 Å². The zero-order valence-electron chi connectivity index (χ0n) is 7.86. The van der Waals surface area contributed by atoms with Crippen LogP contribution in [-0.4, -0.2) is 24.8 Å². The van der Waals surface area contributed by atoms with Gasteiger partial charge in [-0.25, -0.2) is 0 Å². The fourth-order valence-electron chi connectivity index (χ4n) is 1.55. The van der Waals surface area contributed by atoms with Crippen LogP contribution >= 0.6 is 0 Å².